The van der Waals surface area contributed by atoms with E-state index in [9.17, 15) is 0 Å². The zero-order valence-corrected chi connectivity index (χ0v) is 19.6. The van der Waals surface area contributed by atoms with Gasteiger partial charge in [-0.15, -0.1) is 0 Å². The fraction of sp³-hybridized carbons (Fsp3) is 0.267. The van der Waals surface area contributed by atoms with E-state index in [4.69, 9.17) is 10.5 Å². The van der Waals surface area contributed by atoms with Crippen molar-refractivity contribution < 1.29 is 4.74 Å². The fourth-order valence-corrected chi connectivity index (χ4v) is 4.74. The number of ether oxygens (including phenoxy) is 1. The van der Waals surface area contributed by atoms with Crippen LogP contribution >= 0.6 is 0 Å². The molecule has 34 heavy (non-hydrogen) atoms. The molecule has 0 amide bonds. The lowest BCUT2D eigenvalue weighted by molar-refractivity contribution is 0.133. The largest absolute Gasteiger partial charge is 0.380 e. The second-order valence-electron chi connectivity index (χ2n) is 8.92. The molecule has 0 heterocycles. The lowest BCUT2D eigenvalue weighted by Crippen LogP contribution is -2.21. The predicted molar refractivity (Wildman–Crippen MR) is 143 cm³/mol. The van der Waals surface area contributed by atoms with Crippen LogP contribution in [0.1, 0.15) is 23.1 Å². The number of nitrogens with two attached hydrogens (primary N) is 1. The Hall–Kier alpha value is -3.02. The molecule has 0 spiro atoms. The molecule has 0 aromatic heterocycles. The number of benzene rings is 5. The van der Waals surface area contributed by atoms with Crippen molar-refractivity contribution in [1.82, 2.24) is 10.6 Å². The molecule has 0 bridgehead atoms. The monoisotopic (exact) mass is 451 g/mol. The van der Waals surface area contributed by atoms with E-state index in [-0.39, 0.29) is 0 Å². The molecule has 0 aliphatic carbocycles. The predicted octanol–water partition coefficient (Wildman–Crippen LogP) is 5.33. The van der Waals surface area contributed by atoms with Crippen molar-refractivity contribution in [3.63, 3.8) is 0 Å². The molecule has 4 nitrogen and oxygen atoms in total. The van der Waals surface area contributed by atoms with Gasteiger partial charge in [-0.3, -0.25) is 0 Å². The van der Waals surface area contributed by atoms with Crippen molar-refractivity contribution in [3.8, 4) is 0 Å². The van der Waals surface area contributed by atoms with Crippen LogP contribution in [0.15, 0.2) is 78.9 Å². The van der Waals surface area contributed by atoms with Crippen LogP contribution in [-0.2, 0) is 24.4 Å². The lowest BCUT2D eigenvalue weighted by Gasteiger charge is -2.14. The summed E-state index contributed by atoms with van der Waals surface area (Å²) in [5.74, 6) is 0. The van der Waals surface area contributed by atoms with Gasteiger partial charge in [-0.05, 0) is 62.0 Å². The fourth-order valence-electron chi connectivity index (χ4n) is 4.74. The zero-order valence-electron chi connectivity index (χ0n) is 19.6. The number of rotatable bonds is 12. The maximum atomic E-state index is 5.82. The van der Waals surface area contributed by atoms with Gasteiger partial charge < -0.3 is 21.1 Å². The Labute approximate surface area is 201 Å². The molecule has 0 fully saturated rings. The second-order valence-corrected chi connectivity index (χ2v) is 8.92. The van der Waals surface area contributed by atoms with E-state index in [0.29, 0.717) is 6.54 Å². The highest BCUT2D eigenvalue weighted by atomic mass is 16.5. The van der Waals surface area contributed by atoms with Gasteiger partial charge in [0, 0.05) is 32.8 Å². The van der Waals surface area contributed by atoms with Crippen LogP contribution in [0.2, 0.25) is 0 Å². The Kier molecular flexibility index (Phi) is 7.32. The summed E-state index contributed by atoms with van der Waals surface area (Å²) in [4.78, 5) is 0. The average Bonchev–Trinajstić information content (AvgIpc) is 2.89. The molecule has 5 aromatic carbocycles. The SMILES string of the molecule is NCc1ccc(CNCCCOCCNCc2ccc3ccc4cccc5ccc2c3c45)cc1. The number of hydrogen-bond donors (Lipinski definition) is 3. The molecule has 0 saturated heterocycles. The van der Waals surface area contributed by atoms with Gasteiger partial charge >= 0.3 is 0 Å². The molecule has 0 unspecified atom stereocenters. The third-order valence-electron chi connectivity index (χ3n) is 6.59. The van der Waals surface area contributed by atoms with E-state index in [1.165, 1.54) is 49.0 Å². The van der Waals surface area contributed by atoms with E-state index in [1.807, 2.05) is 0 Å². The molecule has 5 rings (SSSR count). The first-order valence-corrected chi connectivity index (χ1v) is 12.3. The van der Waals surface area contributed by atoms with Crippen LogP contribution in [0, 0.1) is 0 Å². The van der Waals surface area contributed by atoms with E-state index in [2.05, 4.69) is 89.5 Å². The standard InChI is InChI=1S/C30H33N3O/c31-19-22-5-7-23(8-6-22)20-32-15-2-17-34-18-16-33-21-27-12-11-26-10-9-24-3-1-4-25-13-14-28(27)30(26)29(24)25/h1,3-14,32-33H,2,15-21,31H2. The number of hydrogen-bond acceptors (Lipinski definition) is 4. The summed E-state index contributed by atoms with van der Waals surface area (Å²) in [6.45, 7) is 5.63. The molecule has 0 aliphatic heterocycles. The van der Waals surface area contributed by atoms with Crippen molar-refractivity contribution >= 4 is 32.3 Å². The highest BCUT2D eigenvalue weighted by molar-refractivity contribution is 6.23. The first kappa shape index (κ1) is 22.8. The van der Waals surface area contributed by atoms with Gasteiger partial charge in [0.05, 0.1) is 6.61 Å². The molecule has 0 saturated carbocycles. The minimum Gasteiger partial charge on any atom is -0.380 e. The molecular weight excluding hydrogens is 418 g/mol. The average molecular weight is 452 g/mol. The topological polar surface area (TPSA) is 59.3 Å². The van der Waals surface area contributed by atoms with Gasteiger partial charge in [0.1, 0.15) is 0 Å². The van der Waals surface area contributed by atoms with Gasteiger partial charge in [-0.1, -0.05) is 78.9 Å². The first-order chi connectivity index (χ1) is 16.8. The molecule has 174 valence electrons. The van der Waals surface area contributed by atoms with Crippen molar-refractivity contribution in [1.29, 1.82) is 0 Å². The van der Waals surface area contributed by atoms with E-state index >= 15 is 0 Å². The first-order valence-electron chi connectivity index (χ1n) is 12.3. The van der Waals surface area contributed by atoms with Crippen LogP contribution in [0.4, 0.5) is 0 Å². The van der Waals surface area contributed by atoms with Gasteiger partial charge in [-0.2, -0.15) is 0 Å². The lowest BCUT2D eigenvalue weighted by atomic mass is 9.92. The van der Waals surface area contributed by atoms with Gasteiger partial charge in [0.15, 0.2) is 0 Å². The molecule has 5 aromatic rings. The van der Waals surface area contributed by atoms with Gasteiger partial charge in [0.25, 0.3) is 0 Å². The number of nitrogens with one attached hydrogen (secondary N) is 2. The Morgan fingerprint density at radius 1 is 0.618 bits per heavy atom. The summed E-state index contributed by atoms with van der Waals surface area (Å²) in [5.41, 5.74) is 9.44. The minimum atomic E-state index is 0.596. The Morgan fingerprint density at radius 3 is 2.09 bits per heavy atom. The summed E-state index contributed by atoms with van der Waals surface area (Å²) in [7, 11) is 0. The van der Waals surface area contributed by atoms with E-state index in [1.54, 1.807) is 0 Å². The van der Waals surface area contributed by atoms with Crippen molar-refractivity contribution in [3.05, 3.63) is 95.6 Å². The summed E-state index contributed by atoms with van der Waals surface area (Å²) >= 11 is 0. The quantitative estimate of drug-likeness (QED) is 0.177. The Morgan fingerprint density at radius 2 is 1.29 bits per heavy atom. The van der Waals surface area contributed by atoms with Crippen LogP contribution in [0.5, 0.6) is 0 Å². The van der Waals surface area contributed by atoms with Gasteiger partial charge in [0.2, 0.25) is 0 Å². The van der Waals surface area contributed by atoms with Crippen molar-refractivity contribution in [2.24, 2.45) is 5.73 Å². The molecular formula is C30H33N3O. The van der Waals surface area contributed by atoms with E-state index < -0.39 is 0 Å². The van der Waals surface area contributed by atoms with Crippen molar-refractivity contribution in [2.75, 3.05) is 26.3 Å². The molecule has 4 heteroatoms. The summed E-state index contributed by atoms with van der Waals surface area (Å²) in [5, 5.41) is 15.1. The molecule has 0 aliphatic rings. The van der Waals surface area contributed by atoms with Crippen LogP contribution in [0.25, 0.3) is 32.3 Å². The Bertz CT molecular complexity index is 1330. The normalized spacial score (nSPS) is 11.8. The highest BCUT2D eigenvalue weighted by Crippen LogP contribution is 2.35. The maximum Gasteiger partial charge on any atom is 0.0591 e. The van der Waals surface area contributed by atoms with E-state index in [0.717, 1.165) is 45.8 Å². The third kappa shape index (κ3) is 5.06. The molecule has 4 N–H and O–H groups in total. The molecule has 0 radical (unpaired) electrons. The van der Waals surface area contributed by atoms with Crippen molar-refractivity contribution in [2.45, 2.75) is 26.1 Å². The maximum absolute atomic E-state index is 5.82. The summed E-state index contributed by atoms with van der Waals surface area (Å²) in [6.07, 6.45) is 1.01. The van der Waals surface area contributed by atoms with Crippen LogP contribution in [-0.4, -0.2) is 26.3 Å². The Balaban J connectivity index is 1.04. The van der Waals surface area contributed by atoms with Crippen LogP contribution < -0.4 is 16.4 Å². The summed E-state index contributed by atoms with van der Waals surface area (Å²) in [6, 6.07) is 28.5. The minimum absolute atomic E-state index is 0.596. The zero-order chi connectivity index (χ0) is 23.2. The molecule has 0 atom stereocenters. The smallest absolute Gasteiger partial charge is 0.0591 e. The van der Waals surface area contributed by atoms with Crippen LogP contribution in [0.3, 0.4) is 0 Å². The second kappa shape index (κ2) is 10.9. The summed E-state index contributed by atoms with van der Waals surface area (Å²) < 4.78 is 5.82. The van der Waals surface area contributed by atoms with Gasteiger partial charge in [-0.25, -0.2) is 0 Å². The highest BCUT2D eigenvalue weighted by Gasteiger charge is 2.10. The third-order valence-corrected chi connectivity index (χ3v) is 6.59.